The first-order chi connectivity index (χ1) is 9.68. The Bertz CT molecular complexity index is 687. The van der Waals surface area contributed by atoms with Crippen LogP contribution in [0.5, 0.6) is 0 Å². The highest BCUT2D eigenvalue weighted by Crippen LogP contribution is 2.39. The molecule has 21 heavy (non-hydrogen) atoms. The lowest BCUT2D eigenvalue weighted by Crippen LogP contribution is -2.09. The van der Waals surface area contributed by atoms with Crippen LogP contribution in [0.25, 0.3) is 0 Å². The van der Waals surface area contributed by atoms with Crippen molar-refractivity contribution in [2.75, 3.05) is 11.1 Å². The number of nitrogen functional groups attached to an aromatic ring is 1. The van der Waals surface area contributed by atoms with E-state index < -0.39 is 17.6 Å². The summed E-state index contributed by atoms with van der Waals surface area (Å²) in [6, 6.07) is 5.27. The van der Waals surface area contributed by atoms with Gasteiger partial charge in [0.25, 0.3) is 0 Å². The summed E-state index contributed by atoms with van der Waals surface area (Å²) in [5.41, 5.74) is 4.33. The summed E-state index contributed by atoms with van der Waals surface area (Å²) in [6.45, 7) is 0. The van der Waals surface area contributed by atoms with Crippen LogP contribution in [0.15, 0.2) is 30.3 Å². The number of alkyl halides is 3. The Kier molecular flexibility index (Phi) is 4.20. The van der Waals surface area contributed by atoms with E-state index in [2.05, 4.69) is 5.32 Å². The first kappa shape index (κ1) is 15.7. The highest BCUT2D eigenvalue weighted by molar-refractivity contribution is 6.31. The Morgan fingerprint density at radius 1 is 1.00 bits per heavy atom. The van der Waals surface area contributed by atoms with Gasteiger partial charge in [-0.2, -0.15) is 13.2 Å². The van der Waals surface area contributed by atoms with E-state index in [4.69, 9.17) is 28.9 Å². The van der Waals surface area contributed by atoms with E-state index >= 15 is 0 Å². The largest absolute Gasteiger partial charge is 0.418 e. The van der Waals surface area contributed by atoms with Crippen LogP contribution in [0.3, 0.4) is 0 Å². The van der Waals surface area contributed by atoms with Gasteiger partial charge in [0, 0.05) is 11.1 Å². The molecule has 0 unspecified atom stereocenters. The topological polar surface area (TPSA) is 38.0 Å². The SMILES string of the molecule is Nc1cc(F)c(Cl)cc1Nc1ccc(Cl)cc1C(F)(F)F. The van der Waals surface area contributed by atoms with Crippen LogP contribution in [0.2, 0.25) is 10.0 Å². The Hall–Kier alpha value is -1.66. The number of halogens is 6. The quantitative estimate of drug-likeness (QED) is 0.562. The highest BCUT2D eigenvalue weighted by Gasteiger charge is 2.34. The molecule has 0 saturated carbocycles. The molecular weight excluding hydrogens is 331 g/mol. The molecule has 0 fully saturated rings. The normalized spacial score (nSPS) is 11.5. The van der Waals surface area contributed by atoms with Crippen LogP contribution in [0.4, 0.5) is 34.6 Å². The lowest BCUT2D eigenvalue weighted by atomic mass is 10.1. The molecule has 0 aliphatic heterocycles. The molecule has 2 rings (SSSR count). The van der Waals surface area contributed by atoms with Gasteiger partial charge in [-0.25, -0.2) is 4.39 Å². The molecule has 0 saturated heterocycles. The molecule has 0 heterocycles. The second-order valence-corrected chi connectivity index (χ2v) is 5.01. The monoisotopic (exact) mass is 338 g/mol. The Balaban J connectivity index is 2.47. The Labute approximate surface area is 127 Å². The first-order valence-electron chi connectivity index (χ1n) is 5.57. The van der Waals surface area contributed by atoms with Crippen molar-refractivity contribution in [3.63, 3.8) is 0 Å². The zero-order chi connectivity index (χ0) is 15.8. The van der Waals surface area contributed by atoms with E-state index in [1.807, 2.05) is 0 Å². The molecule has 0 aromatic heterocycles. The van der Waals surface area contributed by atoms with Crippen molar-refractivity contribution in [1.29, 1.82) is 0 Å². The number of benzene rings is 2. The molecule has 8 heteroatoms. The molecule has 0 spiro atoms. The predicted octanol–water partition coefficient (Wildman–Crippen LogP) is 5.48. The van der Waals surface area contributed by atoms with E-state index in [0.29, 0.717) is 0 Å². The first-order valence-corrected chi connectivity index (χ1v) is 6.32. The fourth-order valence-corrected chi connectivity index (χ4v) is 2.01. The third-order valence-electron chi connectivity index (χ3n) is 2.65. The Morgan fingerprint density at radius 3 is 2.29 bits per heavy atom. The summed E-state index contributed by atoms with van der Waals surface area (Å²) in [6.07, 6.45) is -4.61. The summed E-state index contributed by atoms with van der Waals surface area (Å²) in [4.78, 5) is 0. The molecule has 0 radical (unpaired) electrons. The Morgan fingerprint density at radius 2 is 1.67 bits per heavy atom. The molecule has 112 valence electrons. The molecule has 0 amide bonds. The number of anilines is 3. The zero-order valence-corrected chi connectivity index (χ0v) is 11.7. The average molecular weight is 339 g/mol. The van der Waals surface area contributed by atoms with Gasteiger partial charge in [0.05, 0.1) is 27.6 Å². The van der Waals surface area contributed by atoms with Gasteiger partial charge in [-0.1, -0.05) is 23.2 Å². The van der Waals surface area contributed by atoms with Crippen molar-refractivity contribution in [3.8, 4) is 0 Å². The second-order valence-electron chi connectivity index (χ2n) is 4.17. The number of rotatable bonds is 2. The molecule has 0 bridgehead atoms. The minimum Gasteiger partial charge on any atom is -0.397 e. The van der Waals surface area contributed by atoms with Crippen LogP contribution in [0, 0.1) is 5.82 Å². The molecule has 2 nitrogen and oxygen atoms in total. The lowest BCUT2D eigenvalue weighted by molar-refractivity contribution is -0.136. The average Bonchev–Trinajstić information content (AvgIpc) is 2.36. The van der Waals surface area contributed by atoms with Gasteiger partial charge in [-0.05, 0) is 24.3 Å². The summed E-state index contributed by atoms with van der Waals surface area (Å²) in [7, 11) is 0. The van der Waals surface area contributed by atoms with Crippen molar-refractivity contribution >= 4 is 40.3 Å². The van der Waals surface area contributed by atoms with E-state index in [0.717, 1.165) is 24.3 Å². The standard InChI is InChI=1S/C13H8Cl2F4N2/c14-6-1-2-11(7(3-6)13(17,18)19)21-12-4-8(15)9(16)5-10(12)20/h1-5,21H,20H2. The molecule has 0 atom stereocenters. The van der Waals surface area contributed by atoms with Crippen LogP contribution < -0.4 is 11.1 Å². The smallest absolute Gasteiger partial charge is 0.397 e. The maximum atomic E-state index is 13.2. The van der Waals surface area contributed by atoms with Crippen LogP contribution in [-0.4, -0.2) is 0 Å². The van der Waals surface area contributed by atoms with Crippen molar-refractivity contribution < 1.29 is 17.6 Å². The summed E-state index contributed by atoms with van der Waals surface area (Å²) in [5.74, 6) is -0.758. The maximum Gasteiger partial charge on any atom is 0.418 e. The third kappa shape index (κ3) is 3.51. The third-order valence-corrected chi connectivity index (χ3v) is 3.17. The van der Waals surface area contributed by atoms with Crippen LogP contribution >= 0.6 is 23.2 Å². The van der Waals surface area contributed by atoms with Crippen molar-refractivity contribution in [1.82, 2.24) is 0 Å². The van der Waals surface area contributed by atoms with Crippen LogP contribution in [-0.2, 0) is 6.18 Å². The summed E-state index contributed by atoms with van der Waals surface area (Å²) < 4.78 is 52.1. The molecule has 2 aromatic carbocycles. The molecule has 0 aliphatic rings. The van der Waals surface area contributed by atoms with Gasteiger partial charge >= 0.3 is 6.18 Å². The number of nitrogens with one attached hydrogen (secondary N) is 1. The molecule has 2 aromatic rings. The maximum absolute atomic E-state index is 13.2. The summed E-state index contributed by atoms with van der Waals surface area (Å²) >= 11 is 11.2. The van der Waals surface area contributed by atoms with E-state index in [-0.39, 0.29) is 27.1 Å². The van der Waals surface area contributed by atoms with Crippen LogP contribution in [0.1, 0.15) is 5.56 Å². The zero-order valence-electron chi connectivity index (χ0n) is 10.2. The van der Waals surface area contributed by atoms with Crippen molar-refractivity contribution in [2.45, 2.75) is 6.18 Å². The van der Waals surface area contributed by atoms with Gasteiger partial charge in [0.1, 0.15) is 5.82 Å². The van der Waals surface area contributed by atoms with E-state index in [1.165, 1.54) is 6.07 Å². The van der Waals surface area contributed by atoms with Gasteiger partial charge in [-0.3, -0.25) is 0 Å². The lowest BCUT2D eigenvalue weighted by Gasteiger charge is -2.16. The number of nitrogens with two attached hydrogens (primary N) is 1. The van der Waals surface area contributed by atoms with Gasteiger partial charge in [-0.15, -0.1) is 0 Å². The van der Waals surface area contributed by atoms with Gasteiger partial charge in [0.2, 0.25) is 0 Å². The summed E-state index contributed by atoms with van der Waals surface area (Å²) in [5, 5.41) is 2.18. The second kappa shape index (κ2) is 5.61. The fraction of sp³-hybridized carbons (Fsp3) is 0.0769. The predicted molar refractivity (Wildman–Crippen MR) is 75.6 cm³/mol. The van der Waals surface area contributed by atoms with Crippen molar-refractivity contribution in [2.24, 2.45) is 0 Å². The molecular formula is C13H8Cl2F4N2. The number of hydrogen-bond donors (Lipinski definition) is 2. The molecule has 0 aliphatic carbocycles. The minimum atomic E-state index is -4.61. The highest BCUT2D eigenvalue weighted by atomic mass is 35.5. The fourth-order valence-electron chi connectivity index (χ4n) is 1.68. The van der Waals surface area contributed by atoms with E-state index in [1.54, 1.807) is 0 Å². The van der Waals surface area contributed by atoms with Gasteiger partial charge in [0.15, 0.2) is 0 Å². The number of hydrogen-bond acceptors (Lipinski definition) is 2. The van der Waals surface area contributed by atoms with E-state index in [9.17, 15) is 17.6 Å². The minimum absolute atomic E-state index is 0.0574. The van der Waals surface area contributed by atoms with Gasteiger partial charge < -0.3 is 11.1 Å². The molecule has 3 N–H and O–H groups in total. The van der Waals surface area contributed by atoms with Crippen molar-refractivity contribution in [3.05, 3.63) is 51.8 Å².